The summed E-state index contributed by atoms with van der Waals surface area (Å²) in [5.41, 5.74) is 0.823. The van der Waals surface area contributed by atoms with Crippen molar-refractivity contribution < 1.29 is 17.2 Å². The van der Waals surface area contributed by atoms with Crippen LogP contribution in [0, 0.1) is 11.6 Å². The molecule has 0 aliphatic rings. The van der Waals surface area contributed by atoms with Gasteiger partial charge in [-0.3, -0.25) is 5.10 Å². The van der Waals surface area contributed by atoms with Crippen LogP contribution in [0.5, 0.6) is 0 Å². The standard InChI is InChI=1S/C18H14F2N6O2S/c1-29(27,28)13-7-11(20)6-12(9-13)22-18-21-5-4-16(24-18)23-17-14-8-10(19)2-3-15(14)25-26-17/h2-9H,1H3,(H3,21,22,23,24,25,26). The van der Waals surface area contributed by atoms with Gasteiger partial charge >= 0.3 is 0 Å². The summed E-state index contributed by atoms with van der Waals surface area (Å²) in [6.45, 7) is 0. The van der Waals surface area contributed by atoms with Crippen molar-refractivity contribution in [3.63, 3.8) is 0 Å². The van der Waals surface area contributed by atoms with Gasteiger partial charge in [-0.25, -0.2) is 22.2 Å². The third kappa shape index (κ3) is 4.14. The fourth-order valence-electron chi connectivity index (χ4n) is 2.67. The van der Waals surface area contributed by atoms with Crippen LogP contribution in [0.3, 0.4) is 0 Å². The predicted molar refractivity (Wildman–Crippen MR) is 104 cm³/mol. The first-order valence-electron chi connectivity index (χ1n) is 8.29. The van der Waals surface area contributed by atoms with Gasteiger partial charge < -0.3 is 10.6 Å². The molecule has 0 aliphatic heterocycles. The second-order valence-electron chi connectivity index (χ2n) is 6.23. The lowest BCUT2D eigenvalue weighted by atomic mass is 10.2. The number of fused-ring (bicyclic) bond motifs is 1. The molecule has 0 aliphatic carbocycles. The number of benzene rings is 2. The maximum Gasteiger partial charge on any atom is 0.229 e. The molecular weight excluding hydrogens is 402 g/mol. The molecule has 2 aromatic heterocycles. The highest BCUT2D eigenvalue weighted by Crippen LogP contribution is 2.25. The maximum absolute atomic E-state index is 13.8. The number of anilines is 4. The number of sulfone groups is 1. The Balaban J connectivity index is 1.61. The van der Waals surface area contributed by atoms with E-state index in [2.05, 4.69) is 30.8 Å². The van der Waals surface area contributed by atoms with Crippen LogP contribution in [0.2, 0.25) is 0 Å². The molecule has 0 fully saturated rings. The Hall–Kier alpha value is -3.60. The number of nitrogens with zero attached hydrogens (tertiary/aromatic N) is 3. The zero-order valence-electron chi connectivity index (χ0n) is 14.9. The molecule has 29 heavy (non-hydrogen) atoms. The average Bonchev–Trinajstić information content (AvgIpc) is 3.03. The highest BCUT2D eigenvalue weighted by atomic mass is 32.2. The SMILES string of the molecule is CS(=O)(=O)c1cc(F)cc(Nc2nccc(Nc3n[nH]c4ccc(F)cc34)n2)c1. The largest absolute Gasteiger partial charge is 0.324 e. The quantitative estimate of drug-likeness (QED) is 0.456. The van der Waals surface area contributed by atoms with Crippen molar-refractivity contribution in [3.8, 4) is 0 Å². The maximum atomic E-state index is 13.8. The van der Waals surface area contributed by atoms with Crippen LogP contribution in [0.4, 0.5) is 32.1 Å². The Labute approximate surface area is 163 Å². The number of nitrogens with one attached hydrogen (secondary N) is 3. The van der Waals surface area contributed by atoms with Crippen molar-refractivity contribution in [2.24, 2.45) is 0 Å². The molecule has 4 rings (SSSR count). The van der Waals surface area contributed by atoms with Gasteiger partial charge in [-0.15, -0.1) is 0 Å². The van der Waals surface area contributed by atoms with Crippen LogP contribution in [0.25, 0.3) is 10.9 Å². The van der Waals surface area contributed by atoms with E-state index in [9.17, 15) is 17.2 Å². The molecule has 11 heteroatoms. The lowest BCUT2D eigenvalue weighted by molar-refractivity contribution is 0.596. The molecule has 0 unspecified atom stereocenters. The minimum absolute atomic E-state index is 0.103. The van der Waals surface area contributed by atoms with Gasteiger partial charge in [0.25, 0.3) is 0 Å². The summed E-state index contributed by atoms with van der Waals surface area (Å²) in [6, 6.07) is 9.13. The third-order valence-corrected chi connectivity index (χ3v) is 5.07. The minimum atomic E-state index is -3.58. The van der Waals surface area contributed by atoms with Crippen LogP contribution >= 0.6 is 0 Å². The summed E-state index contributed by atoms with van der Waals surface area (Å²) in [7, 11) is -3.58. The topological polar surface area (TPSA) is 113 Å². The normalized spacial score (nSPS) is 11.6. The summed E-state index contributed by atoms with van der Waals surface area (Å²) in [5, 5.41) is 13.1. The lowest BCUT2D eigenvalue weighted by Gasteiger charge is -2.09. The van der Waals surface area contributed by atoms with Gasteiger partial charge in [0, 0.05) is 23.5 Å². The lowest BCUT2D eigenvalue weighted by Crippen LogP contribution is -2.03. The van der Waals surface area contributed by atoms with E-state index < -0.39 is 21.5 Å². The average molecular weight is 416 g/mol. The molecule has 0 radical (unpaired) electrons. The Bertz CT molecular complexity index is 1320. The number of hydrogen-bond acceptors (Lipinski definition) is 7. The van der Waals surface area contributed by atoms with E-state index >= 15 is 0 Å². The Morgan fingerprint density at radius 2 is 1.83 bits per heavy atom. The molecular formula is C18H14F2N6O2S. The molecule has 4 aromatic rings. The minimum Gasteiger partial charge on any atom is -0.324 e. The van der Waals surface area contributed by atoms with E-state index in [4.69, 9.17) is 0 Å². The number of H-pyrrole nitrogens is 1. The van der Waals surface area contributed by atoms with Crippen LogP contribution < -0.4 is 10.6 Å². The first-order chi connectivity index (χ1) is 13.8. The van der Waals surface area contributed by atoms with Gasteiger partial charge in [0.05, 0.1) is 10.4 Å². The number of halogens is 2. The number of aromatic nitrogens is 4. The van der Waals surface area contributed by atoms with E-state index in [-0.39, 0.29) is 16.5 Å². The van der Waals surface area contributed by atoms with Gasteiger partial charge in [0.1, 0.15) is 17.5 Å². The van der Waals surface area contributed by atoms with E-state index in [1.807, 2.05) is 0 Å². The van der Waals surface area contributed by atoms with Crippen LogP contribution in [-0.2, 0) is 9.84 Å². The van der Waals surface area contributed by atoms with Crippen molar-refractivity contribution in [2.45, 2.75) is 4.90 Å². The smallest absolute Gasteiger partial charge is 0.229 e. The molecule has 2 heterocycles. The summed E-state index contributed by atoms with van der Waals surface area (Å²) in [4.78, 5) is 8.11. The second kappa shape index (κ2) is 7.09. The Kier molecular flexibility index (Phi) is 4.59. The Morgan fingerprint density at radius 3 is 2.62 bits per heavy atom. The van der Waals surface area contributed by atoms with Crippen LogP contribution in [-0.4, -0.2) is 34.8 Å². The van der Waals surface area contributed by atoms with Crippen molar-refractivity contribution in [1.82, 2.24) is 20.2 Å². The molecule has 148 valence electrons. The van der Waals surface area contributed by atoms with Crippen LogP contribution in [0.15, 0.2) is 53.6 Å². The van der Waals surface area contributed by atoms with Crippen molar-refractivity contribution >= 4 is 44.0 Å². The van der Waals surface area contributed by atoms with Gasteiger partial charge in [0.15, 0.2) is 15.7 Å². The third-order valence-electron chi connectivity index (χ3n) is 3.98. The fraction of sp³-hybridized carbons (Fsp3) is 0.0556. The van der Waals surface area contributed by atoms with E-state index in [1.165, 1.54) is 24.4 Å². The van der Waals surface area contributed by atoms with Gasteiger partial charge in [-0.2, -0.15) is 10.1 Å². The monoisotopic (exact) mass is 416 g/mol. The van der Waals surface area contributed by atoms with Crippen LogP contribution in [0.1, 0.15) is 0 Å². The molecule has 8 nitrogen and oxygen atoms in total. The van der Waals surface area contributed by atoms with Crippen molar-refractivity contribution in [2.75, 3.05) is 16.9 Å². The molecule has 3 N–H and O–H groups in total. The molecule has 0 spiro atoms. The van der Waals surface area contributed by atoms with Gasteiger partial charge in [0.2, 0.25) is 5.95 Å². The molecule has 0 bridgehead atoms. The van der Waals surface area contributed by atoms with E-state index in [0.717, 1.165) is 18.4 Å². The summed E-state index contributed by atoms with van der Waals surface area (Å²) >= 11 is 0. The van der Waals surface area contributed by atoms with Gasteiger partial charge in [-0.05, 0) is 42.5 Å². The highest BCUT2D eigenvalue weighted by Gasteiger charge is 2.12. The first-order valence-corrected chi connectivity index (χ1v) is 10.2. The summed E-state index contributed by atoms with van der Waals surface area (Å²) in [5.74, 6) is -0.297. The summed E-state index contributed by atoms with van der Waals surface area (Å²) < 4.78 is 50.6. The van der Waals surface area contributed by atoms with Crippen molar-refractivity contribution in [3.05, 3.63) is 60.3 Å². The second-order valence-corrected chi connectivity index (χ2v) is 8.24. The predicted octanol–water partition coefficient (Wildman–Crippen LogP) is 3.52. The zero-order valence-corrected chi connectivity index (χ0v) is 15.8. The zero-order chi connectivity index (χ0) is 20.6. The molecule has 0 saturated heterocycles. The van der Waals surface area contributed by atoms with Gasteiger partial charge in [-0.1, -0.05) is 0 Å². The van der Waals surface area contributed by atoms with E-state index in [0.29, 0.717) is 22.5 Å². The number of hydrogen-bond donors (Lipinski definition) is 3. The first kappa shape index (κ1) is 18.7. The van der Waals surface area contributed by atoms with E-state index in [1.54, 1.807) is 12.1 Å². The molecule has 0 atom stereocenters. The number of rotatable bonds is 5. The van der Waals surface area contributed by atoms with Crippen molar-refractivity contribution in [1.29, 1.82) is 0 Å². The molecule has 0 amide bonds. The summed E-state index contributed by atoms with van der Waals surface area (Å²) in [6.07, 6.45) is 2.44. The molecule has 2 aromatic carbocycles. The number of aromatic amines is 1. The fourth-order valence-corrected chi connectivity index (χ4v) is 3.34. The molecule has 0 saturated carbocycles. The Morgan fingerprint density at radius 1 is 1.00 bits per heavy atom. The highest BCUT2D eigenvalue weighted by molar-refractivity contribution is 7.90.